The van der Waals surface area contributed by atoms with Crippen LogP contribution in [0.3, 0.4) is 0 Å². The number of allylic oxidation sites excluding steroid dienone is 2. The van der Waals surface area contributed by atoms with E-state index in [1.807, 2.05) is 19.1 Å². The van der Waals surface area contributed by atoms with Gasteiger partial charge < -0.3 is 4.90 Å². The second kappa shape index (κ2) is 3.88. The van der Waals surface area contributed by atoms with Crippen molar-refractivity contribution >= 4 is 23.1 Å². The molecule has 0 spiro atoms. The summed E-state index contributed by atoms with van der Waals surface area (Å²) < 4.78 is 0. The van der Waals surface area contributed by atoms with E-state index in [2.05, 4.69) is 11.0 Å². The summed E-state index contributed by atoms with van der Waals surface area (Å²) in [5.74, 6) is 0.251. The monoisotopic (exact) mass is 247 g/mol. The number of ketones is 1. The predicted molar refractivity (Wildman–Crippen MR) is 69.4 cm³/mol. The Bertz CT molecular complexity index is 521. The predicted octanol–water partition coefficient (Wildman–Crippen LogP) is 3.34. The highest BCUT2D eigenvalue weighted by Crippen LogP contribution is 2.37. The Hall–Kier alpha value is -1.28. The van der Waals surface area contributed by atoms with Crippen LogP contribution in [0.2, 0.25) is 5.02 Å². The van der Waals surface area contributed by atoms with E-state index in [1.165, 1.54) is 11.3 Å². The number of hydrogen-bond donors (Lipinski definition) is 0. The molecule has 0 amide bonds. The molecule has 1 aromatic rings. The third-order valence-corrected chi connectivity index (χ3v) is 3.83. The van der Waals surface area contributed by atoms with Crippen LogP contribution in [0.25, 0.3) is 0 Å². The van der Waals surface area contributed by atoms with E-state index in [4.69, 9.17) is 11.6 Å². The molecule has 1 aromatic carbocycles. The molecule has 1 unspecified atom stereocenters. The van der Waals surface area contributed by atoms with Crippen molar-refractivity contribution in [2.75, 3.05) is 4.90 Å². The van der Waals surface area contributed by atoms with Gasteiger partial charge in [0, 0.05) is 34.9 Å². The lowest BCUT2D eigenvalue weighted by Gasteiger charge is -2.41. The second-order valence-corrected chi connectivity index (χ2v) is 5.23. The molecule has 0 aliphatic carbocycles. The molecular formula is C14H14ClNO. The van der Waals surface area contributed by atoms with Crippen LogP contribution in [0.15, 0.2) is 30.0 Å². The van der Waals surface area contributed by atoms with Gasteiger partial charge in [-0.05, 0) is 43.5 Å². The molecule has 0 radical (unpaired) electrons. The number of benzene rings is 1. The first kappa shape index (κ1) is 10.8. The average Bonchev–Trinajstić information content (AvgIpc) is 2.28. The Morgan fingerprint density at radius 1 is 1.41 bits per heavy atom. The van der Waals surface area contributed by atoms with E-state index >= 15 is 0 Å². The molecule has 0 bridgehead atoms. The van der Waals surface area contributed by atoms with Gasteiger partial charge in [0.25, 0.3) is 0 Å². The quantitative estimate of drug-likeness (QED) is 0.701. The molecule has 0 fully saturated rings. The van der Waals surface area contributed by atoms with E-state index in [-0.39, 0.29) is 5.78 Å². The van der Waals surface area contributed by atoms with Crippen LogP contribution in [-0.4, -0.2) is 11.8 Å². The second-order valence-electron chi connectivity index (χ2n) is 4.79. The molecule has 0 N–H and O–H groups in total. The van der Waals surface area contributed by atoms with Crippen molar-refractivity contribution in [3.63, 3.8) is 0 Å². The molecule has 0 saturated carbocycles. The van der Waals surface area contributed by atoms with E-state index in [0.29, 0.717) is 12.5 Å². The SMILES string of the molecule is CC1=CC(=O)CC2CCc3cc(Cl)ccc3N12. The molecule has 2 aliphatic heterocycles. The zero-order chi connectivity index (χ0) is 12.0. The number of rotatable bonds is 0. The highest BCUT2D eigenvalue weighted by atomic mass is 35.5. The topological polar surface area (TPSA) is 20.3 Å². The van der Waals surface area contributed by atoms with Crippen molar-refractivity contribution < 1.29 is 4.79 Å². The number of carbonyl (C=O) groups excluding carboxylic acids is 1. The molecular weight excluding hydrogens is 234 g/mol. The summed E-state index contributed by atoms with van der Waals surface area (Å²) >= 11 is 6.02. The van der Waals surface area contributed by atoms with Gasteiger partial charge in [-0.2, -0.15) is 0 Å². The minimum absolute atomic E-state index is 0.251. The number of fused-ring (bicyclic) bond motifs is 3. The molecule has 17 heavy (non-hydrogen) atoms. The maximum Gasteiger partial charge on any atom is 0.159 e. The molecule has 2 aliphatic rings. The Morgan fingerprint density at radius 2 is 2.24 bits per heavy atom. The van der Waals surface area contributed by atoms with Crippen LogP contribution in [0.4, 0.5) is 5.69 Å². The summed E-state index contributed by atoms with van der Waals surface area (Å²) in [6.07, 6.45) is 4.43. The Kier molecular flexibility index (Phi) is 2.48. The van der Waals surface area contributed by atoms with Gasteiger partial charge in [0.1, 0.15) is 0 Å². The van der Waals surface area contributed by atoms with Crippen LogP contribution < -0.4 is 4.90 Å². The van der Waals surface area contributed by atoms with Crippen molar-refractivity contribution in [3.8, 4) is 0 Å². The van der Waals surface area contributed by atoms with E-state index in [0.717, 1.165) is 23.6 Å². The zero-order valence-corrected chi connectivity index (χ0v) is 10.5. The van der Waals surface area contributed by atoms with Crippen molar-refractivity contribution in [1.29, 1.82) is 0 Å². The molecule has 2 heterocycles. The summed E-state index contributed by atoms with van der Waals surface area (Å²) in [5, 5.41) is 0.789. The number of halogens is 1. The van der Waals surface area contributed by atoms with E-state index < -0.39 is 0 Å². The molecule has 0 saturated heterocycles. The van der Waals surface area contributed by atoms with Gasteiger partial charge >= 0.3 is 0 Å². The third kappa shape index (κ3) is 1.77. The van der Waals surface area contributed by atoms with E-state index in [9.17, 15) is 4.79 Å². The number of aryl methyl sites for hydroxylation is 1. The fourth-order valence-corrected chi connectivity index (χ4v) is 3.10. The molecule has 2 nitrogen and oxygen atoms in total. The minimum atomic E-state index is 0.251. The van der Waals surface area contributed by atoms with Gasteiger partial charge in [0.05, 0.1) is 0 Å². The van der Waals surface area contributed by atoms with Crippen molar-refractivity contribution in [2.24, 2.45) is 0 Å². The summed E-state index contributed by atoms with van der Waals surface area (Å²) in [7, 11) is 0. The highest BCUT2D eigenvalue weighted by Gasteiger charge is 2.31. The molecule has 3 heteroatoms. The number of hydrogen-bond acceptors (Lipinski definition) is 2. The maximum atomic E-state index is 11.6. The Morgan fingerprint density at radius 3 is 3.06 bits per heavy atom. The highest BCUT2D eigenvalue weighted by molar-refractivity contribution is 6.30. The molecule has 1 atom stereocenters. The van der Waals surface area contributed by atoms with E-state index in [1.54, 1.807) is 6.08 Å². The lowest BCUT2D eigenvalue weighted by Crippen LogP contribution is -2.42. The molecule has 3 rings (SSSR count). The van der Waals surface area contributed by atoms with Crippen LogP contribution >= 0.6 is 11.6 Å². The maximum absolute atomic E-state index is 11.6. The standard InChI is InChI=1S/C14H14ClNO/c1-9-6-13(17)8-12-4-2-10-7-11(15)3-5-14(10)16(9)12/h3,5-7,12H,2,4,8H2,1H3. The minimum Gasteiger partial charge on any atom is -0.342 e. The first-order valence-corrected chi connectivity index (χ1v) is 6.32. The van der Waals surface area contributed by atoms with Crippen molar-refractivity contribution in [3.05, 3.63) is 40.6 Å². The van der Waals surface area contributed by atoms with Crippen LogP contribution in [-0.2, 0) is 11.2 Å². The Balaban J connectivity index is 2.10. The van der Waals surface area contributed by atoms with Crippen molar-refractivity contribution in [1.82, 2.24) is 0 Å². The summed E-state index contributed by atoms with van der Waals surface area (Å²) in [4.78, 5) is 13.9. The number of nitrogens with zero attached hydrogens (tertiary/aromatic N) is 1. The summed E-state index contributed by atoms with van der Waals surface area (Å²) in [6.45, 7) is 2.01. The number of carbonyl (C=O) groups is 1. The fraction of sp³-hybridized carbons (Fsp3) is 0.357. The fourth-order valence-electron chi connectivity index (χ4n) is 2.90. The normalized spacial score (nSPS) is 22.9. The third-order valence-electron chi connectivity index (χ3n) is 3.60. The van der Waals surface area contributed by atoms with Gasteiger partial charge in [-0.25, -0.2) is 0 Å². The Labute approximate surface area is 106 Å². The van der Waals surface area contributed by atoms with Gasteiger partial charge in [0.2, 0.25) is 0 Å². The lowest BCUT2D eigenvalue weighted by molar-refractivity contribution is -0.115. The molecule has 88 valence electrons. The first-order chi connectivity index (χ1) is 8.15. The van der Waals surface area contributed by atoms with Crippen LogP contribution in [0, 0.1) is 0 Å². The van der Waals surface area contributed by atoms with Gasteiger partial charge in [0.15, 0.2) is 5.78 Å². The molecule has 0 aromatic heterocycles. The van der Waals surface area contributed by atoms with Crippen LogP contribution in [0.5, 0.6) is 0 Å². The van der Waals surface area contributed by atoms with Gasteiger partial charge in [-0.15, -0.1) is 0 Å². The smallest absolute Gasteiger partial charge is 0.159 e. The average molecular weight is 248 g/mol. The van der Waals surface area contributed by atoms with Crippen molar-refractivity contribution in [2.45, 2.75) is 32.2 Å². The van der Waals surface area contributed by atoms with Gasteiger partial charge in [-0.3, -0.25) is 4.79 Å². The summed E-state index contributed by atoms with van der Waals surface area (Å²) in [5.41, 5.74) is 3.55. The zero-order valence-electron chi connectivity index (χ0n) is 9.74. The first-order valence-electron chi connectivity index (χ1n) is 5.94. The summed E-state index contributed by atoms with van der Waals surface area (Å²) in [6, 6.07) is 6.36. The number of anilines is 1. The lowest BCUT2D eigenvalue weighted by atomic mass is 9.89. The largest absolute Gasteiger partial charge is 0.342 e. The van der Waals surface area contributed by atoms with Gasteiger partial charge in [-0.1, -0.05) is 11.6 Å². The van der Waals surface area contributed by atoms with Crippen LogP contribution in [0.1, 0.15) is 25.3 Å².